The van der Waals surface area contributed by atoms with Crippen LogP contribution < -0.4 is 5.73 Å². The summed E-state index contributed by atoms with van der Waals surface area (Å²) in [5.41, 5.74) is 5.32. The average molecular weight is 242 g/mol. The molecule has 1 aliphatic rings. The molecule has 2 unspecified atom stereocenters. The number of ether oxygens (including phenoxy) is 1. The van der Waals surface area contributed by atoms with Gasteiger partial charge in [0.05, 0.1) is 11.5 Å². The van der Waals surface area contributed by atoms with Crippen molar-refractivity contribution in [2.45, 2.75) is 46.1 Å². The highest BCUT2D eigenvalue weighted by Gasteiger charge is 2.34. The van der Waals surface area contributed by atoms with E-state index in [1.165, 1.54) is 0 Å². The molecule has 0 aromatic carbocycles. The molecule has 0 bridgehead atoms. The van der Waals surface area contributed by atoms with E-state index < -0.39 is 5.41 Å². The Hall–Kier alpha value is -0.610. The van der Waals surface area contributed by atoms with Gasteiger partial charge in [-0.1, -0.05) is 6.92 Å². The average Bonchev–Trinajstić information content (AvgIpc) is 2.87. The number of carbonyl (C=O) groups excluding carboxylic acids is 1. The SMILES string of the molecule is CCN(CC1CCCO1)C(=O)C(C)(CC)CN. The Balaban J connectivity index is 2.62. The number of nitrogens with two attached hydrogens (primary N) is 1. The van der Waals surface area contributed by atoms with E-state index in [-0.39, 0.29) is 12.0 Å². The number of nitrogens with zero attached hydrogens (tertiary/aromatic N) is 1. The van der Waals surface area contributed by atoms with Gasteiger partial charge >= 0.3 is 0 Å². The van der Waals surface area contributed by atoms with Gasteiger partial charge in [0.2, 0.25) is 5.91 Å². The van der Waals surface area contributed by atoms with E-state index in [9.17, 15) is 4.79 Å². The van der Waals surface area contributed by atoms with Gasteiger partial charge in [-0.05, 0) is 33.1 Å². The zero-order chi connectivity index (χ0) is 12.9. The maximum atomic E-state index is 12.4. The van der Waals surface area contributed by atoms with Crippen molar-refractivity contribution in [3.63, 3.8) is 0 Å². The van der Waals surface area contributed by atoms with Crippen molar-refractivity contribution in [1.29, 1.82) is 0 Å². The fraction of sp³-hybridized carbons (Fsp3) is 0.923. The van der Waals surface area contributed by atoms with Gasteiger partial charge in [0.25, 0.3) is 0 Å². The zero-order valence-electron chi connectivity index (χ0n) is 11.4. The summed E-state index contributed by atoms with van der Waals surface area (Å²) in [6.45, 7) is 8.67. The Morgan fingerprint density at radius 2 is 2.24 bits per heavy atom. The van der Waals surface area contributed by atoms with Crippen LogP contribution in [0.5, 0.6) is 0 Å². The van der Waals surface area contributed by atoms with Crippen molar-refractivity contribution in [1.82, 2.24) is 4.90 Å². The van der Waals surface area contributed by atoms with Gasteiger partial charge in [-0.2, -0.15) is 0 Å². The monoisotopic (exact) mass is 242 g/mol. The molecular formula is C13H26N2O2. The normalized spacial score (nSPS) is 23.4. The van der Waals surface area contributed by atoms with Crippen LogP contribution in [0, 0.1) is 5.41 Å². The lowest BCUT2D eigenvalue weighted by atomic mass is 9.86. The van der Waals surface area contributed by atoms with Crippen LogP contribution in [0.25, 0.3) is 0 Å². The fourth-order valence-corrected chi connectivity index (χ4v) is 2.15. The third kappa shape index (κ3) is 3.42. The highest BCUT2D eigenvalue weighted by Crippen LogP contribution is 2.24. The predicted molar refractivity (Wildman–Crippen MR) is 68.7 cm³/mol. The third-order valence-electron chi connectivity index (χ3n) is 3.86. The van der Waals surface area contributed by atoms with Crippen molar-refractivity contribution in [3.8, 4) is 0 Å². The Morgan fingerprint density at radius 3 is 2.65 bits per heavy atom. The van der Waals surface area contributed by atoms with Gasteiger partial charge in [0, 0.05) is 26.2 Å². The summed E-state index contributed by atoms with van der Waals surface area (Å²) in [7, 11) is 0. The van der Waals surface area contributed by atoms with Gasteiger partial charge in [-0.15, -0.1) is 0 Å². The van der Waals surface area contributed by atoms with Gasteiger partial charge in [0.1, 0.15) is 0 Å². The number of carbonyl (C=O) groups is 1. The van der Waals surface area contributed by atoms with Crippen molar-refractivity contribution in [2.24, 2.45) is 11.1 Å². The lowest BCUT2D eigenvalue weighted by Crippen LogP contribution is -2.48. The van der Waals surface area contributed by atoms with Crippen molar-refractivity contribution >= 4 is 5.91 Å². The van der Waals surface area contributed by atoms with E-state index in [2.05, 4.69) is 0 Å². The molecule has 0 aromatic heterocycles. The molecule has 0 spiro atoms. The van der Waals surface area contributed by atoms with E-state index in [0.29, 0.717) is 13.1 Å². The van der Waals surface area contributed by atoms with Crippen LogP contribution >= 0.6 is 0 Å². The predicted octanol–water partition coefficient (Wildman–Crippen LogP) is 1.39. The molecule has 1 aliphatic heterocycles. The molecule has 1 amide bonds. The second-order valence-corrected chi connectivity index (χ2v) is 5.10. The Kier molecular flexibility index (Phi) is 5.40. The Morgan fingerprint density at radius 1 is 1.53 bits per heavy atom. The molecule has 2 N–H and O–H groups in total. The highest BCUT2D eigenvalue weighted by atomic mass is 16.5. The Bertz CT molecular complexity index is 246. The molecule has 17 heavy (non-hydrogen) atoms. The van der Waals surface area contributed by atoms with Gasteiger partial charge in [-0.25, -0.2) is 0 Å². The minimum atomic E-state index is -0.422. The molecule has 100 valence electrons. The minimum Gasteiger partial charge on any atom is -0.376 e. The van der Waals surface area contributed by atoms with Crippen molar-refractivity contribution in [3.05, 3.63) is 0 Å². The lowest BCUT2D eigenvalue weighted by Gasteiger charge is -2.33. The van der Waals surface area contributed by atoms with Crippen molar-refractivity contribution < 1.29 is 9.53 Å². The number of likely N-dealkylation sites (N-methyl/N-ethyl adjacent to an activating group) is 1. The molecule has 0 saturated carbocycles. The van der Waals surface area contributed by atoms with Gasteiger partial charge < -0.3 is 15.4 Å². The molecule has 0 aromatic rings. The van der Waals surface area contributed by atoms with Crippen LogP contribution in [-0.2, 0) is 9.53 Å². The molecule has 1 heterocycles. The first kappa shape index (κ1) is 14.5. The molecule has 2 atom stereocenters. The zero-order valence-corrected chi connectivity index (χ0v) is 11.4. The largest absolute Gasteiger partial charge is 0.376 e. The van der Waals surface area contributed by atoms with Gasteiger partial charge in [-0.3, -0.25) is 4.79 Å². The highest BCUT2D eigenvalue weighted by molar-refractivity contribution is 5.82. The molecule has 1 fully saturated rings. The van der Waals surface area contributed by atoms with Crippen molar-refractivity contribution in [2.75, 3.05) is 26.2 Å². The van der Waals surface area contributed by atoms with E-state index in [1.54, 1.807) is 0 Å². The minimum absolute atomic E-state index is 0.167. The molecule has 4 heteroatoms. The van der Waals surface area contributed by atoms with Crippen LogP contribution in [0.1, 0.15) is 40.0 Å². The lowest BCUT2D eigenvalue weighted by molar-refractivity contribution is -0.142. The first-order valence-electron chi connectivity index (χ1n) is 6.68. The number of hydrogen-bond donors (Lipinski definition) is 1. The fourth-order valence-electron chi connectivity index (χ4n) is 2.15. The number of hydrogen-bond acceptors (Lipinski definition) is 3. The second-order valence-electron chi connectivity index (χ2n) is 5.10. The first-order chi connectivity index (χ1) is 8.07. The van der Waals surface area contributed by atoms with E-state index in [1.807, 2.05) is 25.7 Å². The number of rotatable bonds is 6. The summed E-state index contributed by atoms with van der Waals surface area (Å²) in [6.07, 6.45) is 3.18. The molecule has 0 radical (unpaired) electrons. The van der Waals surface area contributed by atoms with E-state index in [0.717, 1.165) is 32.4 Å². The van der Waals surface area contributed by atoms with Crippen LogP contribution in [0.3, 0.4) is 0 Å². The summed E-state index contributed by atoms with van der Waals surface area (Å²) in [5.74, 6) is 0.167. The summed E-state index contributed by atoms with van der Waals surface area (Å²) in [5, 5.41) is 0. The van der Waals surface area contributed by atoms with Gasteiger partial charge in [0.15, 0.2) is 0 Å². The van der Waals surface area contributed by atoms with Crippen LogP contribution in [0.15, 0.2) is 0 Å². The molecule has 4 nitrogen and oxygen atoms in total. The summed E-state index contributed by atoms with van der Waals surface area (Å²) in [4.78, 5) is 14.3. The quantitative estimate of drug-likeness (QED) is 0.765. The van der Waals surface area contributed by atoms with Crippen LogP contribution in [-0.4, -0.2) is 43.2 Å². The molecule has 1 saturated heterocycles. The standard InChI is InChI=1S/C13H26N2O2/c1-4-13(3,10-14)12(16)15(5-2)9-11-7-6-8-17-11/h11H,4-10,14H2,1-3H3. The second kappa shape index (κ2) is 6.36. The smallest absolute Gasteiger partial charge is 0.229 e. The van der Waals surface area contributed by atoms with Crippen LogP contribution in [0.4, 0.5) is 0 Å². The number of amides is 1. The third-order valence-corrected chi connectivity index (χ3v) is 3.86. The summed E-state index contributed by atoms with van der Waals surface area (Å²) >= 11 is 0. The molecule has 1 rings (SSSR count). The maximum absolute atomic E-state index is 12.4. The van der Waals surface area contributed by atoms with Crippen LogP contribution in [0.2, 0.25) is 0 Å². The first-order valence-corrected chi connectivity index (χ1v) is 6.68. The van der Waals surface area contributed by atoms with E-state index in [4.69, 9.17) is 10.5 Å². The topological polar surface area (TPSA) is 55.6 Å². The molecular weight excluding hydrogens is 216 g/mol. The maximum Gasteiger partial charge on any atom is 0.229 e. The Labute approximate surface area is 104 Å². The summed E-state index contributed by atoms with van der Waals surface area (Å²) in [6, 6.07) is 0. The molecule has 0 aliphatic carbocycles. The summed E-state index contributed by atoms with van der Waals surface area (Å²) < 4.78 is 5.59. The van der Waals surface area contributed by atoms with E-state index >= 15 is 0 Å².